The SMILES string of the molecule is CC1(C(=O)C2(C)CC(Cl)C3CC2C3(C)C)CC(Cl)C2CC1C2(C)C. The van der Waals surface area contributed by atoms with Gasteiger partial charge in [-0.05, 0) is 60.2 Å². The van der Waals surface area contributed by atoms with Crippen LogP contribution in [0.3, 0.4) is 0 Å². The fourth-order valence-electron chi connectivity index (χ4n) is 7.84. The van der Waals surface area contributed by atoms with Crippen molar-refractivity contribution in [3.8, 4) is 0 Å². The molecule has 0 saturated heterocycles. The van der Waals surface area contributed by atoms with Crippen LogP contribution in [0, 0.1) is 45.3 Å². The summed E-state index contributed by atoms with van der Waals surface area (Å²) in [5.41, 5.74) is -0.181. The monoisotopic (exact) mass is 370 g/mol. The molecule has 8 unspecified atom stereocenters. The molecule has 4 bridgehead atoms. The van der Waals surface area contributed by atoms with E-state index < -0.39 is 0 Å². The highest BCUT2D eigenvalue weighted by Crippen LogP contribution is 2.72. The third kappa shape index (κ3) is 1.82. The van der Waals surface area contributed by atoms with Crippen LogP contribution < -0.4 is 0 Å². The molecule has 0 aromatic heterocycles. The quantitative estimate of drug-likeness (QED) is 0.551. The van der Waals surface area contributed by atoms with Crippen LogP contribution in [0.25, 0.3) is 0 Å². The molecule has 0 amide bonds. The number of Topliss-reactive ketones (excluding diaryl/α,β-unsaturated/α-hetero) is 1. The number of alkyl halides is 2. The highest BCUT2D eigenvalue weighted by molar-refractivity contribution is 6.22. The maximum Gasteiger partial charge on any atom is 0.145 e. The number of fused-ring (bicyclic) bond motifs is 4. The molecule has 0 spiro atoms. The summed E-state index contributed by atoms with van der Waals surface area (Å²) < 4.78 is 0. The van der Waals surface area contributed by atoms with Crippen LogP contribution in [0.4, 0.5) is 0 Å². The van der Waals surface area contributed by atoms with Crippen LogP contribution in [0.5, 0.6) is 0 Å². The van der Waals surface area contributed by atoms with Crippen LogP contribution >= 0.6 is 23.2 Å². The van der Waals surface area contributed by atoms with Gasteiger partial charge in [-0.2, -0.15) is 0 Å². The molecule has 6 aliphatic rings. The van der Waals surface area contributed by atoms with E-state index in [1.165, 1.54) is 0 Å². The maximum atomic E-state index is 14.0. The largest absolute Gasteiger partial charge is 0.298 e. The summed E-state index contributed by atoms with van der Waals surface area (Å²) in [6.07, 6.45) is 3.96. The number of halogens is 2. The van der Waals surface area contributed by atoms with Crippen LogP contribution in [-0.2, 0) is 4.79 Å². The molecule has 0 radical (unpaired) electrons. The van der Waals surface area contributed by atoms with E-state index in [2.05, 4.69) is 41.5 Å². The second-order valence-corrected chi connectivity index (χ2v) is 12.2. The average molecular weight is 371 g/mol. The van der Waals surface area contributed by atoms with Crippen molar-refractivity contribution in [2.24, 2.45) is 45.3 Å². The number of carbonyl (C=O) groups is 1. The fourth-order valence-corrected chi connectivity index (χ4v) is 9.34. The Kier molecular flexibility index (Phi) is 3.49. The Morgan fingerprint density at radius 3 is 1.33 bits per heavy atom. The van der Waals surface area contributed by atoms with E-state index >= 15 is 0 Å². The Morgan fingerprint density at radius 1 is 0.750 bits per heavy atom. The zero-order valence-electron chi connectivity index (χ0n) is 16.0. The highest BCUT2D eigenvalue weighted by Gasteiger charge is 2.71. The fraction of sp³-hybridized carbons (Fsp3) is 0.952. The molecule has 6 rings (SSSR count). The van der Waals surface area contributed by atoms with Crippen molar-refractivity contribution < 1.29 is 4.79 Å². The van der Waals surface area contributed by atoms with Gasteiger partial charge in [-0.15, -0.1) is 23.2 Å². The molecular weight excluding hydrogens is 339 g/mol. The highest BCUT2D eigenvalue weighted by atomic mass is 35.5. The molecule has 0 aliphatic heterocycles. The molecular formula is C21H32Cl2O. The standard InChI is InChI=1S/C21H32Cl2O/c1-18(2)11-7-15(18)20(5,9-13(11)22)17(24)21(6)10-14(23)12-8-16(21)19(12,3)4/h11-16H,7-10H2,1-6H3. The zero-order valence-corrected chi connectivity index (χ0v) is 17.5. The van der Waals surface area contributed by atoms with E-state index in [1.54, 1.807) is 0 Å². The van der Waals surface area contributed by atoms with Gasteiger partial charge in [0.05, 0.1) is 0 Å². The van der Waals surface area contributed by atoms with Gasteiger partial charge < -0.3 is 0 Å². The minimum Gasteiger partial charge on any atom is -0.298 e. The lowest BCUT2D eigenvalue weighted by Gasteiger charge is -2.70. The van der Waals surface area contributed by atoms with E-state index in [-0.39, 0.29) is 32.4 Å². The lowest BCUT2D eigenvalue weighted by molar-refractivity contribution is -0.200. The molecule has 24 heavy (non-hydrogen) atoms. The third-order valence-electron chi connectivity index (χ3n) is 9.37. The van der Waals surface area contributed by atoms with Crippen LogP contribution in [-0.4, -0.2) is 16.5 Å². The Balaban J connectivity index is 1.70. The Hall–Kier alpha value is 0.250. The summed E-state index contributed by atoms with van der Waals surface area (Å²) in [6, 6.07) is 0. The van der Waals surface area contributed by atoms with Crippen molar-refractivity contribution in [3.05, 3.63) is 0 Å². The van der Waals surface area contributed by atoms with Crippen molar-refractivity contribution in [1.82, 2.24) is 0 Å². The predicted octanol–water partition coefficient (Wildman–Crippen LogP) is 5.91. The van der Waals surface area contributed by atoms with E-state index in [0.29, 0.717) is 29.5 Å². The molecule has 1 nitrogen and oxygen atoms in total. The van der Waals surface area contributed by atoms with Gasteiger partial charge in [-0.25, -0.2) is 0 Å². The molecule has 0 aromatic carbocycles. The second kappa shape index (κ2) is 4.75. The first-order valence-corrected chi connectivity index (χ1v) is 10.6. The molecule has 0 aromatic rings. The van der Waals surface area contributed by atoms with E-state index in [0.717, 1.165) is 25.7 Å². The van der Waals surface area contributed by atoms with Crippen LogP contribution in [0.2, 0.25) is 0 Å². The van der Waals surface area contributed by atoms with Crippen molar-refractivity contribution in [2.75, 3.05) is 0 Å². The van der Waals surface area contributed by atoms with Gasteiger partial charge in [-0.1, -0.05) is 41.5 Å². The summed E-state index contributed by atoms with van der Waals surface area (Å²) in [5, 5.41) is 0.278. The van der Waals surface area contributed by atoms with E-state index in [9.17, 15) is 4.79 Å². The van der Waals surface area contributed by atoms with Gasteiger partial charge in [-0.3, -0.25) is 4.79 Å². The van der Waals surface area contributed by atoms with Crippen molar-refractivity contribution in [3.63, 3.8) is 0 Å². The van der Waals surface area contributed by atoms with Crippen molar-refractivity contribution >= 4 is 29.0 Å². The summed E-state index contributed by atoms with van der Waals surface area (Å²) in [4.78, 5) is 14.0. The molecule has 0 N–H and O–H groups in total. The molecule has 6 aliphatic carbocycles. The Morgan fingerprint density at radius 2 is 1.08 bits per heavy atom. The topological polar surface area (TPSA) is 17.1 Å². The van der Waals surface area contributed by atoms with Gasteiger partial charge >= 0.3 is 0 Å². The first-order valence-electron chi connectivity index (χ1n) is 9.70. The molecule has 3 heteroatoms. The number of ketones is 1. The lowest BCUT2D eigenvalue weighted by atomic mass is 9.35. The number of rotatable bonds is 2. The first kappa shape index (κ1) is 17.7. The van der Waals surface area contributed by atoms with Crippen LogP contribution in [0.15, 0.2) is 0 Å². The Bertz CT molecular complexity index is 547. The smallest absolute Gasteiger partial charge is 0.145 e. The Labute approximate surface area is 157 Å². The van der Waals surface area contributed by atoms with Crippen molar-refractivity contribution in [1.29, 1.82) is 0 Å². The van der Waals surface area contributed by atoms with Gasteiger partial charge in [0.25, 0.3) is 0 Å². The van der Waals surface area contributed by atoms with E-state index in [1.807, 2.05) is 0 Å². The first-order chi connectivity index (χ1) is 10.9. The van der Waals surface area contributed by atoms with E-state index in [4.69, 9.17) is 23.2 Å². The van der Waals surface area contributed by atoms with Crippen LogP contribution in [0.1, 0.15) is 67.2 Å². The predicted molar refractivity (Wildman–Crippen MR) is 100 cm³/mol. The minimum atomic E-state index is -0.283. The van der Waals surface area contributed by atoms with Gasteiger partial charge in [0.2, 0.25) is 0 Å². The molecule has 0 heterocycles. The third-order valence-corrected chi connectivity index (χ3v) is 10.3. The summed E-state index contributed by atoms with van der Waals surface area (Å²) in [7, 11) is 0. The van der Waals surface area contributed by atoms with Gasteiger partial charge in [0.1, 0.15) is 5.78 Å². The van der Waals surface area contributed by atoms with Crippen molar-refractivity contribution in [2.45, 2.75) is 78.0 Å². The zero-order chi connectivity index (χ0) is 17.9. The number of hydrogen-bond acceptors (Lipinski definition) is 1. The van der Waals surface area contributed by atoms with Gasteiger partial charge in [0, 0.05) is 21.6 Å². The number of hydrogen-bond donors (Lipinski definition) is 0. The summed E-state index contributed by atoms with van der Waals surface area (Å²) >= 11 is 13.5. The maximum absolute atomic E-state index is 14.0. The summed E-state index contributed by atoms with van der Waals surface area (Å²) in [6.45, 7) is 13.7. The van der Waals surface area contributed by atoms with Gasteiger partial charge in [0.15, 0.2) is 0 Å². The molecule has 136 valence electrons. The summed E-state index contributed by atoms with van der Waals surface area (Å²) in [5.74, 6) is 2.58. The lowest BCUT2D eigenvalue weighted by Crippen LogP contribution is -2.69. The second-order valence-electron chi connectivity index (χ2n) is 11.0. The normalized spacial score (nSPS) is 56.8. The number of carbonyl (C=O) groups excluding carboxylic acids is 1. The average Bonchev–Trinajstić information content (AvgIpc) is 2.43. The molecule has 6 fully saturated rings. The molecule has 6 saturated carbocycles. The molecule has 8 atom stereocenters. The minimum absolute atomic E-state index is 0.139.